The van der Waals surface area contributed by atoms with Crippen molar-refractivity contribution in [1.29, 1.82) is 0 Å². The number of nitrogens with zero attached hydrogens (tertiary/aromatic N) is 2. The van der Waals surface area contributed by atoms with Gasteiger partial charge in [-0.15, -0.1) is 0 Å². The maximum Gasteiger partial charge on any atom is 0.327 e. The number of hydrogen-bond donors (Lipinski definition) is 0. The van der Waals surface area contributed by atoms with Gasteiger partial charge in [0.2, 0.25) is 0 Å². The zero-order valence-electron chi connectivity index (χ0n) is 8.73. The number of carbonyl (C=O) groups excluding carboxylic acids is 1. The highest BCUT2D eigenvalue weighted by molar-refractivity contribution is 6.30. The standard InChI is InChI=1S/C11H16N2O/c1-8-4-3-5-9(2)11(8)6-10(14)7-13-12/h6-9H,3-5H2,1-2H3/t8-,9+. The van der Waals surface area contributed by atoms with Gasteiger partial charge in [-0.25, -0.2) is 0 Å². The van der Waals surface area contributed by atoms with Crippen molar-refractivity contribution in [3.8, 4) is 0 Å². The molecule has 0 N–H and O–H groups in total. The van der Waals surface area contributed by atoms with Crippen LogP contribution >= 0.6 is 0 Å². The first kappa shape index (κ1) is 10.9. The minimum atomic E-state index is -0.219. The highest BCUT2D eigenvalue weighted by Gasteiger charge is 2.21. The van der Waals surface area contributed by atoms with E-state index in [0.29, 0.717) is 11.8 Å². The fraction of sp³-hybridized carbons (Fsp3) is 0.636. The summed E-state index contributed by atoms with van der Waals surface area (Å²) in [5.41, 5.74) is 9.41. The molecule has 0 saturated heterocycles. The second-order valence-electron chi connectivity index (χ2n) is 4.02. The molecule has 0 radical (unpaired) electrons. The predicted octanol–water partition coefficient (Wildman–Crippen LogP) is 2.24. The molecule has 1 rings (SSSR count). The molecule has 76 valence electrons. The number of rotatable bonds is 2. The average molecular weight is 192 g/mol. The van der Waals surface area contributed by atoms with Gasteiger partial charge in [-0.3, -0.25) is 4.79 Å². The summed E-state index contributed by atoms with van der Waals surface area (Å²) >= 11 is 0. The second kappa shape index (κ2) is 4.87. The van der Waals surface area contributed by atoms with Gasteiger partial charge >= 0.3 is 6.21 Å². The molecule has 0 aromatic rings. The Morgan fingerprint density at radius 3 is 2.50 bits per heavy atom. The van der Waals surface area contributed by atoms with Gasteiger partial charge in [0.1, 0.15) is 0 Å². The lowest BCUT2D eigenvalue weighted by molar-refractivity contribution is -0.112. The molecular formula is C11H16N2O. The van der Waals surface area contributed by atoms with Crippen molar-refractivity contribution in [2.75, 3.05) is 0 Å². The van der Waals surface area contributed by atoms with Crippen molar-refractivity contribution in [1.82, 2.24) is 0 Å². The van der Waals surface area contributed by atoms with E-state index in [2.05, 4.69) is 18.6 Å². The summed E-state index contributed by atoms with van der Waals surface area (Å²) in [5, 5.41) is 0. The third-order valence-electron chi connectivity index (χ3n) is 2.91. The summed E-state index contributed by atoms with van der Waals surface area (Å²) < 4.78 is 0. The molecule has 0 amide bonds. The SMILES string of the molecule is C[C@@H]1CCC[C@H](C)C1=CC(=O)C=[N+]=[N-]. The minimum Gasteiger partial charge on any atom is -0.361 e. The van der Waals surface area contributed by atoms with Crippen molar-refractivity contribution >= 4 is 12.0 Å². The molecule has 2 atom stereocenters. The third-order valence-corrected chi connectivity index (χ3v) is 2.91. The molecule has 14 heavy (non-hydrogen) atoms. The fourth-order valence-corrected chi connectivity index (χ4v) is 2.09. The Labute approximate surface area is 84.4 Å². The second-order valence-corrected chi connectivity index (χ2v) is 4.02. The minimum absolute atomic E-state index is 0.219. The van der Waals surface area contributed by atoms with Crippen LogP contribution in [0.4, 0.5) is 0 Å². The van der Waals surface area contributed by atoms with E-state index in [1.807, 2.05) is 0 Å². The molecule has 0 aromatic carbocycles. The first-order valence-corrected chi connectivity index (χ1v) is 5.08. The van der Waals surface area contributed by atoms with Crippen LogP contribution in [0, 0.1) is 11.8 Å². The van der Waals surface area contributed by atoms with Crippen molar-refractivity contribution in [3.63, 3.8) is 0 Å². The zero-order chi connectivity index (χ0) is 10.6. The van der Waals surface area contributed by atoms with Crippen molar-refractivity contribution in [3.05, 3.63) is 17.2 Å². The summed E-state index contributed by atoms with van der Waals surface area (Å²) in [4.78, 5) is 13.9. The Kier molecular flexibility index (Phi) is 3.78. The highest BCUT2D eigenvalue weighted by atomic mass is 16.1. The first-order chi connectivity index (χ1) is 6.65. The normalized spacial score (nSPS) is 29.7. The Bertz CT molecular complexity index is 288. The van der Waals surface area contributed by atoms with Crippen molar-refractivity contribution in [2.45, 2.75) is 33.1 Å². The Balaban J connectivity index is 2.81. The topological polar surface area (TPSA) is 53.5 Å². The average Bonchev–Trinajstić information content (AvgIpc) is 2.12. The van der Waals surface area contributed by atoms with Crippen LogP contribution in [0.3, 0.4) is 0 Å². The van der Waals surface area contributed by atoms with Gasteiger partial charge in [0.15, 0.2) is 0 Å². The molecule has 1 aliphatic carbocycles. The number of allylic oxidation sites excluding steroid dienone is 2. The van der Waals surface area contributed by atoms with E-state index in [9.17, 15) is 4.79 Å². The van der Waals surface area contributed by atoms with Gasteiger partial charge in [-0.05, 0) is 30.8 Å². The van der Waals surface area contributed by atoms with Gasteiger partial charge in [0, 0.05) is 0 Å². The first-order valence-electron chi connectivity index (χ1n) is 5.08. The van der Waals surface area contributed by atoms with Crippen LogP contribution in [-0.4, -0.2) is 16.8 Å². The maximum absolute atomic E-state index is 11.2. The molecule has 0 heterocycles. The summed E-state index contributed by atoms with van der Waals surface area (Å²) in [7, 11) is 0. The van der Waals surface area contributed by atoms with Crippen LogP contribution in [0.5, 0.6) is 0 Å². The summed E-state index contributed by atoms with van der Waals surface area (Å²) in [6.07, 6.45) is 6.11. The summed E-state index contributed by atoms with van der Waals surface area (Å²) in [5.74, 6) is 0.743. The Morgan fingerprint density at radius 1 is 1.43 bits per heavy atom. The highest BCUT2D eigenvalue weighted by Crippen LogP contribution is 2.33. The van der Waals surface area contributed by atoms with Crippen LogP contribution in [0.25, 0.3) is 5.53 Å². The van der Waals surface area contributed by atoms with E-state index < -0.39 is 0 Å². The maximum atomic E-state index is 11.2. The van der Waals surface area contributed by atoms with E-state index in [1.54, 1.807) is 6.08 Å². The van der Waals surface area contributed by atoms with E-state index >= 15 is 0 Å². The van der Waals surface area contributed by atoms with Gasteiger partial charge < -0.3 is 5.53 Å². The number of ketones is 1. The monoisotopic (exact) mass is 192 g/mol. The van der Waals surface area contributed by atoms with E-state index in [0.717, 1.165) is 19.1 Å². The zero-order valence-corrected chi connectivity index (χ0v) is 8.73. The van der Waals surface area contributed by atoms with Crippen LogP contribution in [0.1, 0.15) is 33.1 Å². The lowest BCUT2D eigenvalue weighted by atomic mass is 9.78. The molecule has 1 saturated carbocycles. The van der Waals surface area contributed by atoms with Gasteiger partial charge in [-0.2, -0.15) is 4.79 Å². The number of carbonyl (C=O) groups is 1. The molecule has 0 bridgehead atoms. The van der Waals surface area contributed by atoms with Crippen LogP contribution in [0.15, 0.2) is 11.6 Å². The quantitative estimate of drug-likeness (QED) is 0.286. The predicted molar refractivity (Wildman–Crippen MR) is 55.0 cm³/mol. The Hall–Kier alpha value is -1.21. The largest absolute Gasteiger partial charge is 0.361 e. The molecule has 0 spiro atoms. The molecule has 1 fully saturated rings. The molecule has 3 heteroatoms. The third kappa shape index (κ3) is 2.64. The Morgan fingerprint density at radius 2 is 2.00 bits per heavy atom. The van der Waals surface area contributed by atoms with Gasteiger partial charge in [-0.1, -0.05) is 25.8 Å². The van der Waals surface area contributed by atoms with Gasteiger partial charge in [0.25, 0.3) is 5.78 Å². The molecule has 3 nitrogen and oxygen atoms in total. The van der Waals surface area contributed by atoms with Crippen LogP contribution < -0.4 is 0 Å². The molecule has 0 aliphatic heterocycles. The molecule has 0 unspecified atom stereocenters. The van der Waals surface area contributed by atoms with E-state index in [-0.39, 0.29) is 5.78 Å². The lowest BCUT2D eigenvalue weighted by Gasteiger charge is -2.27. The van der Waals surface area contributed by atoms with Gasteiger partial charge in [0.05, 0.1) is 0 Å². The molecule has 1 aliphatic rings. The summed E-state index contributed by atoms with van der Waals surface area (Å²) in [6, 6.07) is 0. The van der Waals surface area contributed by atoms with Crippen molar-refractivity contribution in [2.24, 2.45) is 11.8 Å². The summed E-state index contributed by atoms with van der Waals surface area (Å²) in [6.45, 7) is 4.29. The van der Waals surface area contributed by atoms with Crippen molar-refractivity contribution < 1.29 is 9.58 Å². The van der Waals surface area contributed by atoms with E-state index in [1.165, 1.54) is 12.0 Å². The number of hydrogen-bond acceptors (Lipinski definition) is 1. The lowest BCUT2D eigenvalue weighted by Crippen LogP contribution is -2.16. The molecular weight excluding hydrogens is 176 g/mol. The van der Waals surface area contributed by atoms with Crippen LogP contribution in [-0.2, 0) is 4.79 Å². The molecule has 0 aromatic heterocycles. The smallest absolute Gasteiger partial charge is 0.327 e. The van der Waals surface area contributed by atoms with Crippen LogP contribution in [0.2, 0.25) is 0 Å². The fourth-order valence-electron chi connectivity index (χ4n) is 2.09. The van der Waals surface area contributed by atoms with E-state index in [4.69, 9.17) is 5.53 Å².